The van der Waals surface area contributed by atoms with E-state index in [0.717, 1.165) is 6.42 Å². The van der Waals surface area contributed by atoms with Crippen molar-refractivity contribution < 1.29 is 0 Å². The van der Waals surface area contributed by atoms with Gasteiger partial charge < -0.3 is 5.73 Å². The normalized spacial score (nSPS) is 12.7. The summed E-state index contributed by atoms with van der Waals surface area (Å²) in [5.74, 6) is 0. The molecule has 0 unspecified atom stereocenters. The molecule has 1 atom stereocenters. The van der Waals surface area contributed by atoms with Gasteiger partial charge in [-0.2, -0.15) is 0 Å². The molecule has 0 saturated carbocycles. The van der Waals surface area contributed by atoms with Crippen molar-refractivity contribution in [2.24, 2.45) is 5.73 Å². The molecule has 0 bridgehead atoms. The van der Waals surface area contributed by atoms with Crippen molar-refractivity contribution in [2.75, 3.05) is 0 Å². The summed E-state index contributed by atoms with van der Waals surface area (Å²) >= 11 is 0. The van der Waals surface area contributed by atoms with Gasteiger partial charge >= 0.3 is 0 Å². The van der Waals surface area contributed by atoms with Gasteiger partial charge in [0.1, 0.15) is 0 Å². The summed E-state index contributed by atoms with van der Waals surface area (Å²) < 4.78 is 0. The number of pyridine rings is 1. The molecule has 1 heterocycles. The van der Waals surface area contributed by atoms with Gasteiger partial charge in [-0.3, -0.25) is 4.98 Å². The number of nitrogens with zero attached hydrogens (tertiary/aromatic N) is 1. The Balaban J connectivity index is 2.16. The van der Waals surface area contributed by atoms with Gasteiger partial charge in [0.15, 0.2) is 0 Å². The Hall–Kier alpha value is -0.890. The van der Waals surface area contributed by atoms with Gasteiger partial charge in [-0.05, 0) is 24.1 Å². The quantitative estimate of drug-likeness (QED) is 0.694. The Labute approximate surface area is 92.9 Å². The van der Waals surface area contributed by atoms with Crippen LogP contribution in [0.2, 0.25) is 0 Å². The first-order valence-electron chi connectivity index (χ1n) is 6.00. The van der Waals surface area contributed by atoms with Gasteiger partial charge in [0.25, 0.3) is 0 Å². The van der Waals surface area contributed by atoms with Crippen LogP contribution in [0.3, 0.4) is 0 Å². The van der Waals surface area contributed by atoms with Gasteiger partial charge in [-0.25, -0.2) is 0 Å². The highest BCUT2D eigenvalue weighted by Gasteiger charge is 2.04. The zero-order valence-corrected chi connectivity index (χ0v) is 9.65. The molecule has 1 aromatic rings. The molecular formula is C13H22N2. The monoisotopic (exact) mass is 206 g/mol. The number of aromatic nitrogens is 1. The Morgan fingerprint density at radius 3 is 2.47 bits per heavy atom. The first kappa shape index (κ1) is 12.2. The molecule has 2 heteroatoms. The van der Waals surface area contributed by atoms with E-state index in [1.165, 1.54) is 37.7 Å². The molecule has 0 aliphatic heterocycles. The molecule has 0 fully saturated rings. The Morgan fingerprint density at radius 1 is 1.13 bits per heavy atom. The largest absolute Gasteiger partial charge is 0.324 e. The number of unbranched alkanes of at least 4 members (excludes halogenated alkanes) is 4. The molecule has 0 aliphatic rings. The SMILES string of the molecule is CCCCCCC[C@@H](N)c1ccncc1. The maximum atomic E-state index is 6.08. The van der Waals surface area contributed by atoms with Crippen molar-refractivity contribution in [3.63, 3.8) is 0 Å². The fourth-order valence-corrected chi connectivity index (χ4v) is 1.75. The minimum absolute atomic E-state index is 0.189. The van der Waals surface area contributed by atoms with E-state index in [2.05, 4.69) is 11.9 Å². The standard InChI is InChI=1S/C13H22N2/c1-2-3-4-5-6-7-13(14)12-8-10-15-11-9-12/h8-11,13H,2-7,14H2,1H3/t13-/m1/s1. The minimum Gasteiger partial charge on any atom is -0.324 e. The van der Waals surface area contributed by atoms with Crippen LogP contribution >= 0.6 is 0 Å². The third-order valence-corrected chi connectivity index (χ3v) is 2.75. The van der Waals surface area contributed by atoms with E-state index in [1.54, 1.807) is 0 Å². The number of hydrogen-bond acceptors (Lipinski definition) is 2. The smallest absolute Gasteiger partial charge is 0.0295 e. The molecule has 0 saturated heterocycles. The van der Waals surface area contributed by atoms with Crippen molar-refractivity contribution in [2.45, 2.75) is 51.5 Å². The lowest BCUT2D eigenvalue weighted by Crippen LogP contribution is -2.09. The zero-order chi connectivity index (χ0) is 10.9. The first-order chi connectivity index (χ1) is 7.34. The molecule has 0 aromatic carbocycles. The second kappa shape index (κ2) is 7.41. The summed E-state index contributed by atoms with van der Waals surface area (Å²) in [6.45, 7) is 2.24. The topological polar surface area (TPSA) is 38.9 Å². The molecule has 0 amide bonds. The molecular weight excluding hydrogens is 184 g/mol. The van der Waals surface area contributed by atoms with Gasteiger partial charge in [0.2, 0.25) is 0 Å². The second-order valence-electron chi connectivity index (χ2n) is 4.09. The fraction of sp³-hybridized carbons (Fsp3) is 0.615. The lowest BCUT2D eigenvalue weighted by molar-refractivity contribution is 0.555. The highest BCUT2D eigenvalue weighted by molar-refractivity contribution is 5.13. The van der Waals surface area contributed by atoms with Gasteiger partial charge in [-0.15, -0.1) is 0 Å². The molecule has 1 aromatic heterocycles. The lowest BCUT2D eigenvalue weighted by atomic mass is 10.0. The van der Waals surface area contributed by atoms with Crippen LogP contribution in [0.15, 0.2) is 24.5 Å². The Kier molecular flexibility index (Phi) is 6.02. The number of nitrogens with two attached hydrogens (primary N) is 1. The third-order valence-electron chi connectivity index (χ3n) is 2.75. The predicted molar refractivity (Wildman–Crippen MR) is 64.5 cm³/mol. The summed E-state index contributed by atoms with van der Waals surface area (Å²) in [6.07, 6.45) is 11.3. The van der Waals surface area contributed by atoms with Crippen LogP contribution in [0.4, 0.5) is 0 Å². The van der Waals surface area contributed by atoms with Crippen LogP contribution in [-0.2, 0) is 0 Å². The van der Waals surface area contributed by atoms with Gasteiger partial charge in [0, 0.05) is 18.4 Å². The van der Waals surface area contributed by atoms with Crippen LogP contribution in [-0.4, -0.2) is 4.98 Å². The second-order valence-corrected chi connectivity index (χ2v) is 4.09. The van der Waals surface area contributed by atoms with E-state index in [9.17, 15) is 0 Å². The van der Waals surface area contributed by atoms with Crippen LogP contribution in [0, 0.1) is 0 Å². The van der Waals surface area contributed by atoms with Crippen LogP contribution in [0.1, 0.15) is 57.1 Å². The average molecular weight is 206 g/mol. The molecule has 0 spiro atoms. The summed E-state index contributed by atoms with van der Waals surface area (Å²) in [5, 5.41) is 0. The van der Waals surface area contributed by atoms with E-state index in [-0.39, 0.29) is 6.04 Å². The molecule has 15 heavy (non-hydrogen) atoms. The highest BCUT2D eigenvalue weighted by atomic mass is 14.6. The van der Waals surface area contributed by atoms with Crippen LogP contribution in [0.25, 0.3) is 0 Å². The summed E-state index contributed by atoms with van der Waals surface area (Å²) in [6, 6.07) is 4.21. The molecule has 2 N–H and O–H groups in total. The Morgan fingerprint density at radius 2 is 1.80 bits per heavy atom. The maximum absolute atomic E-state index is 6.08. The Bertz CT molecular complexity index is 246. The molecule has 0 aliphatic carbocycles. The van der Waals surface area contributed by atoms with E-state index >= 15 is 0 Å². The van der Waals surface area contributed by atoms with E-state index in [0.29, 0.717) is 0 Å². The number of rotatable bonds is 7. The summed E-state index contributed by atoms with van der Waals surface area (Å²) in [4.78, 5) is 3.99. The van der Waals surface area contributed by atoms with Crippen LogP contribution in [0.5, 0.6) is 0 Å². The molecule has 1 rings (SSSR count). The first-order valence-corrected chi connectivity index (χ1v) is 6.00. The zero-order valence-electron chi connectivity index (χ0n) is 9.65. The third kappa shape index (κ3) is 4.93. The van der Waals surface area contributed by atoms with E-state index in [4.69, 9.17) is 5.73 Å². The minimum atomic E-state index is 0.189. The number of hydrogen-bond donors (Lipinski definition) is 1. The fourth-order valence-electron chi connectivity index (χ4n) is 1.75. The molecule has 84 valence electrons. The van der Waals surface area contributed by atoms with Crippen molar-refractivity contribution >= 4 is 0 Å². The summed E-state index contributed by atoms with van der Waals surface area (Å²) in [5.41, 5.74) is 7.29. The van der Waals surface area contributed by atoms with Gasteiger partial charge in [0.05, 0.1) is 0 Å². The molecule has 0 radical (unpaired) electrons. The van der Waals surface area contributed by atoms with Gasteiger partial charge in [-0.1, -0.05) is 39.0 Å². The van der Waals surface area contributed by atoms with Crippen LogP contribution < -0.4 is 5.73 Å². The maximum Gasteiger partial charge on any atom is 0.0295 e. The van der Waals surface area contributed by atoms with E-state index in [1.807, 2.05) is 24.5 Å². The van der Waals surface area contributed by atoms with E-state index < -0.39 is 0 Å². The highest BCUT2D eigenvalue weighted by Crippen LogP contribution is 2.16. The lowest BCUT2D eigenvalue weighted by Gasteiger charge is -2.11. The predicted octanol–water partition coefficient (Wildman–Crippen LogP) is 3.44. The van der Waals surface area contributed by atoms with Crippen molar-refractivity contribution in [3.05, 3.63) is 30.1 Å². The summed E-state index contributed by atoms with van der Waals surface area (Å²) in [7, 11) is 0. The van der Waals surface area contributed by atoms with Crippen molar-refractivity contribution in [1.82, 2.24) is 4.98 Å². The average Bonchev–Trinajstić information content (AvgIpc) is 2.30. The van der Waals surface area contributed by atoms with Crippen molar-refractivity contribution in [3.8, 4) is 0 Å². The molecule has 2 nitrogen and oxygen atoms in total. The van der Waals surface area contributed by atoms with Crippen molar-refractivity contribution in [1.29, 1.82) is 0 Å².